The number of anilines is 1. The summed E-state index contributed by atoms with van der Waals surface area (Å²) >= 11 is 0. The van der Waals surface area contributed by atoms with Crippen LogP contribution in [0.3, 0.4) is 0 Å². The second kappa shape index (κ2) is 7.14. The van der Waals surface area contributed by atoms with Gasteiger partial charge < -0.3 is 15.0 Å². The highest BCUT2D eigenvalue weighted by atomic mass is 16.5. The fraction of sp³-hybridized carbons (Fsp3) is 0.222. The van der Waals surface area contributed by atoms with Gasteiger partial charge in [-0.1, -0.05) is 36.4 Å². The molecule has 0 spiro atoms. The van der Waals surface area contributed by atoms with E-state index < -0.39 is 0 Å². The molecule has 2 aromatic carbocycles. The Morgan fingerprint density at radius 1 is 1.21 bits per heavy atom. The summed E-state index contributed by atoms with van der Waals surface area (Å²) in [5.41, 5.74) is 2.59. The number of carbonyl (C=O) groups is 1. The van der Waals surface area contributed by atoms with E-state index in [-0.39, 0.29) is 11.9 Å². The van der Waals surface area contributed by atoms with Crippen LogP contribution in [0.4, 0.5) is 5.95 Å². The van der Waals surface area contributed by atoms with Gasteiger partial charge in [-0.2, -0.15) is 0 Å². The molecule has 3 rings (SSSR count). The number of aromatic nitrogens is 2. The van der Waals surface area contributed by atoms with Crippen LogP contribution < -0.4 is 15.4 Å². The van der Waals surface area contributed by atoms with E-state index >= 15 is 0 Å². The van der Waals surface area contributed by atoms with Gasteiger partial charge in [0.05, 0.1) is 11.6 Å². The highest BCUT2D eigenvalue weighted by Gasteiger charge is 2.14. The van der Waals surface area contributed by atoms with E-state index in [1.165, 1.54) is 0 Å². The number of hydrogen-bond donors (Lipinski definition) is 3. The van der Waals surface area contributed by atoms with Gasteiger partial charge in [-0.25, -0.2) is 4.98 Å². The average Bonchev–Trinajstić information content (AvgIpc) is 3.03. The normalized spacial score (nSPS) is 12.1. The first-order valence-electron chi connectivity index (χ1n) is 7.81. The van der Waals surface area contributed by atoms with E-state index in [2.05, 4.69) is 20.6 Å². The molecule has 0 aliphatic carbocycles. The molecule has 3 N–H and O–H groups in total. The van der Waals surface area contributed by atoms with Gasteiger partial charge in [0.25, 0.3) is 0 Å². The molecule has 0 bridgehead atoms. The Hall–Kier alpha value is -2.86. The Balaban J connectivity index is 1.78. The number of fused-ring (bicyclic) bond motifs is 1. The summed E-state index contributed by atoms with van der Waals surface area (Å²) in [5.74, 6) is 0.936. The standard InChI is InChI=1S/C18H20N4O2/c1-12(19-2)17(23)22-18-20-14-9-6-10-15(16(14)21-18)24-11-13-7-4-3-5-8-13/h3-10,12,19H,11H2,1-2H3,(H2,20,21,22,23)/t12-/m0/s1. The Kier molecular flexibility index (Phi) is 4.77. The quantitative estimate of drug-likeness (QED) is 0.651. The van der Waals surface area contributed by atoms with Crippen molar-refractivity contribution in [3.05, 3.63) is 54.1 Å². The lowest BCUT2D eigenvalue weighted by Gasteiger charge is -2.08. The number of carbonyl (C=O) groups excluding carboxylic acids is 1. The largest absolute Gasteiger partial charge is 0.487 e. The number of aromatic amines is 1. The van der Waals surface area contributed by atoms with E-state index in [9.17, 15) is 4.79 Å². The van der Waals surface area contributed by atoms with Crippen LogP contribution >= 0.6 is 0 Å². The van der Waals surface area contributed by atoms with Gasteiger partial charge in [-0.3, -0.25) is 10.1 Å². The van der Waals surface area contributed by atoms with E-state index in [1.807, 2.05) is 48.5 Å². The SMILES string of the molecule is CN[C@@H](C)C(=O)Nc1nc2c(OCc3ccccc3)cccc2[nH]1. The van der Waals surface area contributed by atoms with Crippen LogP contribution in [0, 0.1) is 0 Å². The molecular formula is C18H20N4O2. The van der Waals surface area contributed by atoms with Crippen molar-refractivity contribution in [2.75, 3.05) is 12.4 Å². The maximum Gasteiger partial charge on any atom is 0.243 e. The number of nitrogens with one attached hydrogen (secondary N) is 3. The molecule has 1 heterocycles. The number of hydrogen-bond acceptors (Lipinski definition) is 4. The van der Waals surface area contributed by atoms with Crippen LogP contribution in [-0.2, 0) is 11.4 Å². The Labute approximate surface area is 140 Å². The third kappa shape index (κ3) is 3.55. The lowest BCUT2D eigenvalue weighted by Crippen LogP contribution is -2.35. The van der Waals surface area contributed by atoms with Crippen LogP contribution in [0.15, 0.2) is 48.5 Å². The molecule has 3 aromatic rings. The molecule has 0 saturated carbocycles. The summed E-state index contributed by atoms with van der Waals surface area (Å²) < 4.78 is 5.88. The monoisotopic (exact) mass is 324 g/mol. The predicted molar refractivity (Wildman–Crippen MR) is 94.0 cm³/mol. The second-order valence-corrected chi connectivity index (χ2v) is 5.51. The van der Waals surface area contributed by atoms with Crippen molar-refractivity contribution in [3.63, 3.8) is 0 Å². The summed E-state index contributed by atoms with van der Waals surface area (Å²) in [6.07, 6.45) is 0. The van der Waals surface area contributed by atoms with Gasteiger partial charge in [0.15, 0.2) is 0 Å². The molecule has 124 valence electrons. The Morgan fingerprint density at radius 2 is 2.00 bits per heavy atom. The van der Waals surface area contributed by atoms with Crippen molar-refractivity contribution in [3.8, 4) is 5.75 Å². The highest BCUT2D eigenvalue weighted by molar-refractivity contribution is 5.95. The Bertz CT molecular complexity index is 829. The molecule has 1 aromatic heterocycles. The molecule has 0 aliphatic rings. The maximum absolute atomic E-state index is 12.0. The summed E-state index contributed by atoms with van der Waals surface area (Å²) in [6.45, 7) is 2.25. The van der Waals surface area contributed by atoms with Gasteiger partial charge in [-0.05, 0) is 31.7 Å². The summed E-state index contributed by atoms with van der Waals surface area (Å²) in [5, 5.41) is 5.65. The van der Waals surface area contributed by atoms with E-state index in [4.69, 9.17) is 4.74 Å². The number of amides is 1. The molecular weight excluding hydrogens is 304 g/mol. The maximum atomic E-state index is 12.0. The zero-order valence-electron chi connectivity index (χ0n) is 13.7. The highest BCUT2D eigenvalue weighted by Crippen LogP contribution is 2.25. The van der Waals surface area contributed by atoms with Crippen molar-refractivity contribution >= 4 is 22.9 Å². The van der Waals surface area contributed by atoms with Crippen LogP contribution in [0.5, 0.6) is 5.75 Å². The summed E-state index contributed by atoms with van der Waals surface area (Å²) in [6, 6.07) is 15.3. The van der Waals surface area contributed by atoms with E-state index in [0.717, 1.165) is 11.1 Å². The van der Waals surface area contributed by atoms with Crippen molar-refractivity contribution in [2.24, 2.45) is 0 Å². The third-order valence-corrected chi connectivity index (χ3v) is 3.78. The number of nitrogens with zero attached hydrogens (tertiary/aromatic N) is 1. The van der Waals surface area contributed by atoms with Gasteiger partial charge >= 0.3 is 0 Å². The number of H-pyrrole nitrogens is 1. The van der Waals surface area contributed by atoms with E-state index in [1.54, 1.807) is 14.0 Å². The van der Waals surface area contributed by atoms with Crippen LogP contribution in [0.25, 0.3) is 11.0 Å². The molecule has 24 heavy (non-hydrogen) atoms. The summed E-state index contributed by atoms with van der Waals surface area (Å²) in [7, 11) is 1.73. The number of benzene rings is 2. The number of rotatable bonds is 6. The molecule has 1 atom stereocenters. The summed E-state index contributed by atoms with van der Waals surface area (Å²) in [4.78, 5) is 19.5. The van der Waals surface area contributed by atoms with Crippen molar-refractivity contribution < 1.29 is 9.53 Å². The zero-order valence-corrected chi connectivity index (χ0v) is 13.7. The zero-order chi connectivity index (χ0) is 16.9. The number of ether oxygens (including phenoxy) is 1. The number of likely N-dealkylation sites (N-methyl/N-ethyl adjacent to an activating group) is 1. The first kappa shape index (κ1) is 16.0. The van der Waals surface area contributed by atoms with Crippen LogP contribution in [0.2, 0.25) is 0 Å². The predicted octanol–water partition coefficient (Wildman–Crippen LogP) is 2.69. The smallest absolute Gasteiger partial charge is 0.243 e. The van der Waals surface area contributed by atoms with Crippen LogP contribution in [-0.4, -0.2) is 29.0 Å². The lowest BCUT2D eigenvalue weighted by atomic mass is 10.2. The molecule has 6 nitrogen and oxygen atoms in total. The molecule has 0 saturated heterocycles. The van der Waals surface area contributed by atoms with Gasteiger partial charge in [0.1, 0.15) is 17.9 Å². The second-order valence-electron chi connectivity index (χ2n) is 5.51. The fourth-order valence-corrected chi connectivity index (χ4v) is 2.27. The van der Waals surface area contributed by atoms with Crippen LogP contribution in [0.1, 0.15) is 12.5 Å². The topological polar surface area (TPSA) is 79.0 Å². The van der Waals surface area contributed by atoms with Gasteiger partial charge in [0.2, 0.25) is 11.9 Å². The van der Waals surface area contributed by atoms with Gasteiger partial charge in [-0.15, -0.1) is 0 Å². The lowest BCUT2D eigenvalue weighted by molar-refractivity contribution is -0.117. The molecule has 0 unspecified atom stereocenters. The molecule has 0 fully saturated rings. The van der Waals surface area contributed by atoms with Gasteiger partial charge in [0, 0.05) is 0 Å². The molecule has 0 radical (unpaired) electrons. The van der Waals surface area contributed by atoms with Crippen molar-refractivity contribution in [1.29, 1.82) is 0 Å². The third-order valence-electron chi connectivity index (χ3n) is 3.78. The van der Waals surface area contributed by atoms with E-state index in [0.29, 0.717) is 23.8 Å². The fourth-order valence-electron chi connectivity index (χ4n) is 2.27. The molecule has 6 heteroatoms. The average molecular weight is 324 g/mol. The molecule has 1 amide bonds. The molecule has 0 aliphatic heterocycles. The van der Waals surface area contributed by atoms with Crippen molar-refractivity contribution in [2.45, 2.75) is 19.6 Å². The van der Waals surface area contributed by atoms with Crippen molar-refractivity contribution in [1.82, 2.24) is 15.3 Å². The first-order valence-corrected chi connectivity index (χ1v) is 7.81. The first-order chi connectivity index (χ1) is 11.7. The number of para-hydroxylation sites is 1. The minimum Gasteiger partial charge on any atom is -0.487 e. The number of imidazole rings is 1. The Morgan fingerprint density at radius 3 is 2.75 bits per heavy atom. The minimum atomic E-state index is -0.299. The minimum absolute atomic E-state index is 0.150.